The average Bonchev–Trinajstić information content (AvgIpc) is 2.78. The molecule has 3 rings (SSSR count). The summed E-state index contributed by atoms with van der Waals surface area (Å²) in [4.78, 5) is 26.1. The second-order valence-electron chi connectivity index (χ2n) is 6.84. The van der Waals surface area contributed by atoms with Crippen molar-refractivity contribution >= 4 is 17.4 Å². The number of fused-ring (bicyclic) bond motifs is 2. The first-order valence-electron chi connectivity index (χ1n) is 7.36. The van der Waals surface area contributed by atoms with Crippen molar-refractivity contribution in [1.29, 1.82) is 5.26 Å². The maximum absolute atomic E-state index is 12.4. The van der Waals surface area contributed by atoms with Crippen LogP contribution in [0.4, 0.5) is 5.69 Å². The lowest BCUT2D eigenvalue weighted by Crippen LogP contribution is -2.44. The van der Waals surface area contributed by atoms with Crippen molar-refractivity contribution in [3.63, 3.8) is 0 Å². The van der Waals surface area contributed by atoms with Crippen LogP contribution in [0.15, 0.2) is 35.9 Å². The van der Waals surface area contributed by atoms with Crippen LogP contribution in [-0.4, -0.2) is 18.2 Å². The zero-order chi connectivity index (χ0) is 16.1. The van der Waals surface area contributed by atoms with E-state index >= 15 is 0 Å². The van der Waals surface area contributed by atoms with Crippen molar-refractivity contribution in [2.24, 2.45) is 5.41 Å². The predicted octanol–water partition coefficient (Wildman–Crippen LogP) is 2.74. The van der Waals surface area contributed by atoms with Crippen molar-refractivity contribution in [1.82, 2.24) is 0 Å². The summed E-state index contributed by atoms with van der Waals surface area (Å²) in [7, 11) is 0. The fraction of sp³-hybridized carbons (Fsp3) is 0.389. The Bertz CT molecular complexity index is 755. The van der Waals surface area contributed by atoms with E-state index in [4.69, 9.17) is 0 Å². The van der Waals surface area contributed by atoms with Gasteiger partial charge < -0.3 is 4.90 Å². The van der Waals surface area contributed by atoms with Gasteiger partial charge in [-0.1, -0.05) is 38.1 Å². The third kappa shape index (κ3) is 1.89. The number of nitrogens with zero attached hydrogens (tertiary/aromatic N) is 2. The van der Waals surface area contributed by atoms with Gasteiger partial charge in [0.15, 0.2) is 5.78 Å². The summed E-state index contributed by atoms with van der Waals surface area (Å²) >= 11 is 0. The van der Waals surface area contributed by atoms with Crippen LogP contribution in [0.1, 0.15) is 32.8 Å². The molecule has 1 unspecified atom stereocenters. The first-order chi connectivity index (χ1) is 10.3. The number of nitriles is 1. The molecular weight excluding hydrogens is 276 g/mol. The molecule has 112 valence electrons. The number of benzene rings is 1. The SMILES string of the molecule is CC(=O)N1CC2(C=C(C#N)C(=O)C(C)(C)C2)c2ccccc21. The predicted molar refractivity (Wildman–Crippen MR) is 83.2 cm³/mol. The van der Waals surface area contributed by atoms with E-state index in [-0.39, 0.29) is 17.3 Å². The van der Waals surface area contributed by atoms with Crippen molar-refractivity contribution < 1.29 is 9.59 Å². The maximum Gasteiger partial charge on any atom is 0.223 e. The number of carbonyl (C=O) groups is 2. The Labute approximate surface area is 130 Å². The largest absolute Gasteiger partial charge is 0.311 e. The molecule has 2 aliphatic rings. The van der Waals surface area contributed by atoms with Gasteiger partial charge in [-0.05, 0) is 18.1 Å². The van der Waals surface area contributed by atoms with Gasteiger partial charge in [-0.25, -0.2) is 0 Å². The molecule has 22 heavy (non-hydrogen) atoms. The van der Waals surface area contributed by atoms with E-state index in [1.54, 1.807) is 17.9 Å². The van der Waals surface area contributed by atoms with Crippen LogP contribution in [0.3, 0.4) is 0 Å². The van der Waals surface area contributed by atoms with E-state index in [1.165, 1.54) is 0 Å². The van der Waals surface area contributed by atoms with E-state index in [0.29, 0.717) is 13.0 Å². The number of para-hydroxylation sites is 1. The Balaban J connectivity index is 2.24. The molecule has 1 heterocycles. The van der Waals surface area contributed by atoms with Gasteiger partial charge in [-0.15, -0.1) is 0 Å². The van der Waals surface area contributed by atoms with Crippen LogP contribution in [0.2, 0.25) is 0 Å². The van der Waals surface area contributed by atoms with Gasteiger partial charge in [0.25, 0.3) is 0 Å². The van der Waals surface area contributed by atoms with Crippen LogP contribution in [0, 0.1) is 16.7 Å². The molecule has 0 radical (unpaired) electrons. The molecule has 1 aromatic rings. The second kappa shape index (κ2) is 4.54. The Morgan fingerprint density at radius 3 is 2.64 bits per heavy atom. The van der Waals surface area contributed by atoms with Gasteiger partial charge in [0, 0.05) is 30.0 Å². The summed E-state index contributed by atoms with van der Waals surface area (Å²) in [5.74, 6) is -0.134. The fourth-order valence-corrected chi connectivity index (χ4v) is 3.85. The number of amides is 1. The highest BCUT2D eigenvalue weighted by molar-refractivity contribution is 6.05. The average molecular weight is 294 g/mol. The molecule has 0 N–H and O–H groups in total. The van der Waals surface area contributed by atoms with Gasteiger partial charge in [-0.3, -0.25) is 9.59 Å². The van der Waals surface area contributed by atoms with Gasteiger partial charge in [-0.2, -0.15) is 5.26 Å². The number of Topliss-reactive ketones (excluding diaryl/α,β-unsaturated/α-hetero) is 1. The van der Waals surface area contributed by atoms with Gasteiger partial charge in [0.2, 0.25) is 5.91 Å². The topological polar surface area (TPSA) is 61.2 Å². The third-order valence-electron chi connectivity index (χ3n) is 4.71. The third-order valence-corrected chi connectivity index (χ3v) is 4.71. The Morgan fingerprint density at radius 1 is 1.32 bits per heavy atom. The Hall–Kier alpha value is -2.41. The number of rotatable bonds is 0. The summed E-state index contributed by atoms with van der Waals surface area (Å²) in [5, 5.41) is 9.34. The number of carbonyl (C=O) groups excluding carboxylic acids is 2. The molecule has 4 nitrogen and oxygen atoms in total. The molecule has 4 heteroatoms. The highest BCUT2D eigenvalue weighted by atomic mass is 16.2. The lowest BCUT2D eigenvalue weighted by atomic mass is 9.62. The quantitative estimate of drug-likeness (QED) is 0.739. The van der Waals surface area contributed by atoms with E-state index in [1.807, 2.05) is 44.2 Å². The molecule has 0 saturated carbocycles. The first-order valence-corrected chi connectivity index (χ1v) is 7.36. The van der Waals surface area contributed by atoms with E-state index in [0.717, 1.165) is 11.3 Å². The number of allylic oxidation sites excluding steroid dienone is 1. The van der Waals surface area contributed by atoms with Crippen LogP contribution < -0.4 is 4.90 Å². The van der Waals surface area contributed by atoms with E-state index in [2.05, 4.69) is 0 Å². The van der Waals surface area contributed by atoms with E-state index < -0.39 is 10.8 Å². The number of anilines is 1. The molecule has 0 fully saturated rings. The summed E-state index contributed by atoms with van der Waals surface area (Å²) in [6.45, 7) is 5.79. The molecule has 1 atom stereocenters. The van der Waals surface area contributed by atoms with Crippen molar-refractivity contribution in [3.8, 4) is 6.07 Å². The van der Waals surface area contributed by atoms with Crippen LogP contribution in [-0.2, 0) is 15.0 Å². The molecule has 1 spiro atoms. The first kappa shape index (κ1) is 14.5. The smallest absolute Gasteiger partial charge is 0.223 e. The standard InChI is InChI=1S/C18H18N2O2/c1-12(21)20-11-18(14-6-4-5-7-15(14)20)8-13(9-19)16(22)17(2,3)10-18/h4-8H,10-11H2,1-3H3. The zero-order valence-electron chi connectivity index (χ0n) is 13.0. The number of ketones is 1. The minimum atomic E-state index is -0.611. The van der Waals surface area contributed by atoms with Gasteiger partial charge in [0.05, 0.1) is 5.57 Å². The molecular formula is C18H18N2O2. The van der Waals surface area contributed by atoms with E-state index in [9.17, 15) is 14.9 Å². The summed E-state index contributed by atoms with van der Waals surface area (Å²) in [6.07, 6.45) is 2.38. The number of hydrogen-bond acceptors (Lipinski definition) is 3. The maximum atomic E-state index is 12.4. The monoisotopic (exact) mass is 294 g/mol. The molecule has 1 aliphatic carbocycles. The van der Waals surface area contributed by atoms with Crippen molar-refractivity contribution in [3.05, 3.63) is 41.5 Å². The minimum absolute atomic E-state index is 0.0223. The van der Waals surface area contributed by atoms with Crippen LogP contribution in [0.25, 0.3) is 0 Å². The Kier molecular flexibility index (Phi) is 3.00. The highest BCUT2D eigenvalue weighted by Crippen LogP contribution is 2.51. The van der Waals surface area contributed by atoms with Crippen molar-refractivity contribution in [2.45, 2.75) is 32.6 Å². The molecule has 1 aliphatic heterocycles. The van der Waals surface area contributed by atoms with Gasteiger partial charge >= 0.3 is 0 Å². The summed E-state index contributed by atoms with van der Waals surface area (Å²) in [5.41, 5.74) is 1.05. The second-order valence-corrected chi connectivity index (χ2v) is 6.84. The van der Waals surface area contributed by atoms with Crippen LogP contribution in [0.5, 0.6) is 0 Å². The summed E-state index contributed by atoms with van der Waals surface area (Å²) < 4.78 is 0. The summed E-state index contributed by atoms with van der Waals surface area (Å²) in [6, 6.07) is 9.81. The zero-order valence-corrected chi connectivity index (χ0v) is 13.0. The number of hydrogen-bond donors (Lipinski definition) is 0. The normalized spacial score (nSPS) is 25.6. The lowest BCUT2D eigenvalue weighted by Gasteiger charge is -2.39. The minimum Gasteiger partial charge on any atom is -0.311 e. The molecule has 1 aromatic carbocycles. The lowest BCUT2D eigenvalue weighted by molar-refractivity contribution is -0.124. The molecule has 0 aromatic heterocycles. The fourth-order valence-electron chi connectivity index (χ4n) is 3.85. The molecule has 0 saturated heterocycles. The highest BCUT2D eigenvalue weighted by Gasteiger charge is 2.51. The Morgan fingerprint density at radius 2 is 2.00 bits per heavy atom. The molecule has 0 bridgehead atoms. The van der Waals surface area contributed by atoms with Crippen molar-refractivity contribution in [2.75, 3.05) is 11.4 Å². The molecule has 1 amide bonds. The van der Waals surface area contributed by atoms with Crippen LogP contribution >= 0.6 is 0 Å². The van der Waals surface area contributed by atoms with Gasteiger partial charge in [0.1, 0.15) is 6.07 Å².